The lowest BCUT2D eigenvalue weighted by atomic mass is 9.99. The van der Waals surface area contributed by atoms with Crippen molar-refractivity contribution in [2.75, 3.05) is 32.2 Å². The third kappa shape index (κ3) is 5.12. The van der Waals surface area contributed by atoms with E-state index in [1.807, 2.05) is 33.8 Å². The highest BCUT2D eigenvalue weighted by Crippen LogP contribution is 2.33. The number of aryl methyl sites for hydroxylation is 2. The van der Waals surface area contributed by atoms with Gasteiger partial charge in [-0.15, -0.1) is 0 Å². The monoisotopic (exact) mass is 398 g/mol. The van der Waals surface area contributed by atoms with Gasteiger partial charge in [-0.2, -0.15) is 0 Å². The fraction of sp³-hybridized carbons (Fsp3) is 0.409. The van der Waals surface area contributed by atoms with Crippen molar-refractivity contribution in [1.82, 2.24) is 9.97 Å². The Morgan fingerprint density at radius 2 is 2.00 bits per heavy atom. The van der Waals surface area contributed by atoms with Gasteiger partial charge in [0.2, 0.25) is 5.88 Å². The summed E-state index contributed by atoms with van der Waals surface area (Å²) in [5.74, 6) is -0.322. The van der Waals surface area contributed by atoms with Crippen molar-refractivity contribution in [2.24, 2.45) is 5.73 Å². The summed E-state index contributed by atoms with van der Waals surface area (Å²) in [6, 6.07) is 3.76. The van der Waals surface area contributed by atoms with Crippen LogP contribution < -0.4 is 15.8 Å². The molecule has 29 heavy (non-hydrogen) atoms. The van der Waals surface area contributed by atoms with E-state index in [-0.39, 0.29) is 11.4 Å². The Hall–Kier alpha value is -2.93. The number of anilines is 1. The van der Waals surface area contributed by atoms with E-state index in [1.54, 1.807) is 13.2 Å². The van der Waals surface area contributed by atoms with Crippen LogP contribution in [0.4, 0.5) is 5.69 Å². The summed E-state index contributed by atoms with van der Waals surface area (Å²) in [4.78, 5) is 21.4. The molecular weight excluding hydrogens is 368 g/mol. The first-order valence-electron chi connectivity index (χ1n) is 9.71. The maximum absolute atomic E-state index is 12.0. The maximum Gasteiger partial charge on any atom is 0.254 e. The molecule has 2 aromatic heterocycles. The first-order valence-corrected chi connectivity index (χ1v) is 9.71. The summed E-state index contributed by atoms with van der Waals surface area (Å²) < 4.78 is 10.6. The molecule has 0 aliphatic heterocycles. The van der Waals surface area contributed by atoms with Gasteiger partial charge in [0.05, 0.1) is 36.0 Å². The van der Waals surface area contributed by atoms with E-state index in [9.17, 15) is 4.79 Å². The number of rotatable bonds is 10. The number of nitrogens with zero attached hydrogens (tertiary/aromatic N) is 2. The normalized spacial score (nSPS) is 10.7. The van der Waals surface area contributed by atoms with Gasteiger partial charge in [-0.1, -0.05) is 13.5 Å². The number of nitrogens with one attached hydrogen (secondary N) is 1. The van der Waals surface area contributed by atoms with E-state index in [0.29, 0.717) is 26.2 Å². The second-order valence-electron chi connectivity index (χ2n) is 6.74. The van der Waals surface area contributed by atoms with Crippen LogP contribution in [0.25, 0.3) is 16.8 Å². The minimum absolute atomic E-state index is 0.249. The Bertz CT molecular complexity index is 909. The van der Waals surface area contributed by atoms with Crippen molar-refractivity contribution >= 4 is 17.2 Å². The van der Waals surface area contributed by atoms with Crippen molar-refractivity contribution in [1.29, 1.82) is 0 Å². The molecule has 7 heteroatoms. The van der Waals surface area contributed by atoms with Crippen molar-refractivity contribution < 1.29 is 14.3 Å². The van der Waals surface area contributed by atoms with E-state index in [0.717, 1.165) is 39.5 Å². The molecule has 7 nitrogen and oxygen atoms in total. The zero-order valence-corrected chi connectivity index (χ0v) is 17.9. The number of methoxy groups -OCH3 is 1. The predicted molar refractivity (Wildman–Crippen MR) is 116 cm³/mol. The summed E-state index contributed by atoms with van der Waals surface area (Å²) in [7, 11) is 1.66. The van der Waals surface area contributed by atoms with E-state index in [4.69, 9.17) is 20.2 Å². The van der Waals surface area contributed by atoms with Crippen LogP contribution in [0.5, 0.6) is 5.88 Å². The van der Waals surface area contributed by atoms with Gasteiger partial charge in [0.1, 0.15) is 5.56 Å². The molecule has 0 aromatic carbocycles. The SMILES string of the molecule is C=C(C)c1nc(-c2cc(C(N)=O)c(OCC)nc2CC)c(C)cc1NCCOC. The Balaban J connectivity index is 2.66. The van der Waals surface area contributed by atoms with Gasteiger partial charge in [0.25, 0.3) is 5.91 Å². The Labute approximate surface area is 172 Å². The lowest BCUT2D eigenvalue weighted by Gasteiger charge is -2.18. The minimum Gasteiger partial charge on any atom is -0.477 e. The number of hydrogen-bond donors (Lipinski definition) is 2. The molecule has 0 radical (unpaired) electrons. The van der Waals surface area contributed by atoms with Gasteiger partial charge >= 0.3 is 0 Å². The zero-order valence-electron chi connectivity index (χ0n) is 17.9. The van der Waals surface area contributed by atoms with Gasteiger partial charge in [-0.25, -0.2) is 9.97 Å². The lowest BCUT2D eigenvalue weighted by molar-refractivity contribution is 0.0995. The second-order valence-corrected chi connectivity index (χ2v) is 6.74. The molecule has 0 aliphatic rings. The molecule has 0 saturated carbocycles. The highest BCUT2D eigenvalue weighted by atomic mass is 16.5. The molecular formula is C22H30N4O3. The smallest absolute Gasteiger partial charge is 0.254 e. The molecule has 0 saturated heterocycles. The summed E-state index contributed by atoms with van der Waals surface area (Å²) in [6.45, 7) is 13.4. The van der Waals surface area contributed by atoms with Crippen LogP contribution in [-0.2, 0) is 11.2 Å². The molecule has 1 amide bonds. The molecule has 2 rings (SSSR count). The molecule has 0 bridgehead atoms. The summed E-state index contributed by atoms with van der Waals surface area (Å²) in [5, 5.41) is 3.34. The summed E-state index contributed by atoms with van der Waals surface area (Å²) >= 11 is 0. The second kappa shape index (κ2) is 10.0. The zero-order chi connectivity index (χ0) is 21.6. The number of allylic oxidation sites excluding steroid dienone is 1. The highest BCUT2D eigenvalue weighted by molar-refractivity contribution is 5.96. The largest absolute Gasteiger partial charge is 0.477 e. The number of pyridine rings is 2. The van der Waals surface area contributed by atoms with Crippen LogP contribution in [0.1, 0.15) is 48.1 Å². The molecule has 156 valence electrons. The molecule has 0 unspecified atom stereocenters. The number of ether oxygens (including phenoxy) is 2. The molecule has 2 heterocycles. The van der Waals surface area contributed by atoms with Crippen molar-refractivity contribution in [3.05, 3.63) is 41.2 Å². The van der Waals surface area contributed by atoms with Gasteiger partial charge in [0, 0.05) is 19.2 Å². The number of amides is 1. The van der Waals surface area contributed by atoms with Crippen LogP contribution in [0, 0.1) is 6.92 Å². The number of carbonyl (C=O) groups is 1. The molecule has 3 N–H and O–H groups in total. The van der Waals surface area contributed by atoms with E-state index in [1.165, 1.54) is 0 Å². The van der Waals surface area contributed by atoms with E-state index >= 15 is 0 Å². The lowest BCUT2D eigenvalue weighted by Crippen LogP contribution is -2.16. The molecule has 0 spiro atoms. The molecule has 0 aliphatic carbocycles. The van der Waals surface area contributed by atoms with Crippen LogP contribution in [-0.4, -0.2) is 42.7 Å². The van der Waals surface area contributed by atoms with Crippen LogP contribution in [0.15, 0.2) is 18.7 Å². The number of carbonyl (C=O) groups excluding carboxylic acids is 1. The van der Waals surface area contributed by atoms with Crippen molar-refractivity contribution in [3.63, 3.8) is 0 Å². The topological polar surface area (TPSA) is 99.4 Å². The number of primary amides is 1. The Morgan fingerprint density at radius 3 is 2.55 bits per heavy atom. The number of aromatic nitrogens is 2. The van der Waals surface area contributed by atoms with Gasteiger partial charge in [-0.3, -0.25) is 4.79 Å². The third-order valence-electron chi connectivity index (χ3n) is 4.44. The Kier molecular flexibility index (Phi) is 7.73. The molecule has 0 atom stereocenters. The quantitative estimate of drug-likeness (QED) is 0.593. The minimum atomic E-state index is -0.583. The van der Waals surface area contributed by atoms with Crippen LogP contribution in [0.2, 0.25) is 0 Å². The highest BCUT2D eigenvalue weighted by Gasteiger charge is 2.20. The predicted octanol–water partition coefficient (Wildman–Crippen LogP) is 3.60. The molecule has 0 fully saturated rings. The third-order valence-corrected chi connectivity index (χ3v) is 4.44. The van der Waals surface area contributed by atoms with Crippen LogP contribution >= 0.6 is 0 Å². The number of nitrogens with two attached hydrogens (primary N) is 1. The van der Waals surface area contributed by atoms with Gasteiger partial charge in [-0.05, 0) is 50.5 Å². The fourth-order valence-electron chi connectivity index (χ4n) is 3.06. The first kappa shape index (κ1) is 22.4. The van der Waals surface area contributed by atoms with Crippen LogP contribution in [0.3, 0.4) is 0 Å². The molecule has 2 aromatic rings. The fourth-order valence-corrected chi connectivity index (χ4v) is 3.06. The van der Waals surface area contributed by atoms with Crippen molar-refractivity contribution in [3.8, 4) is 17.1 Å². The Morgan fingerprint density at radius 1 is 1.28 bits per heavy atom. The van der Waals surface area contributed by atoms with Crippen molar-refractivity contribution in [2.45, 2.75) is 34.1 Å². The summed E-state index contributed by atoms with van der Waals surface area (Å²) in [6.07, 6.45) is 0.659. The first-order chi connectivity index (χ1) is 13.8. The van der Waals surface area contributed by atoms with Gasteiger partial charge < -0.3 is 20.5 Å². The van der Waals surface area contributed by atoms with Gasteiger partial charge in [0.15, 0.2) is 0 Å². The average Bonchev–Trinajstić information content (AvgIpc) is 2.68. The van der Waals surface area contributed by atoms with E-state index in [2.05, 4.69) is 16.9 Å². The standard InChI is InChI=1S/C22H30N4O3/c1-7-17-15(12-16(21(23)27)22(25-17)29-8-2)20-14(5)11-18(24-9-10-28-6)19(26-20)13(3)4/h11-12,24H,3,7-10H2,1-2,4-6H3,(H2,23,27). The number of hydrogen-bond acceptors (Lipinski definition) is 6. The summed E-state index contributed by atoms with van der Waals surface area (Å²) in [5.41, 5.74) is 11.6. The maximum atomic E-state index is 12.0. The van der Waals surface area contributed by atoms with E-state index < -0.39 is 5.91 Å². The average molecular weight is 399 g/mol.